The number of aromatic nitrogens is 2. The van der Waals surface area contributed by atoms with Gasteiger partial charge in [0.25, 0.3) is 0 Å². The van der Waals surface area contributed by atoms with Crippen LogP contribution < -0.4 is 10.1 Å². The number of benzene rings is 2. The number of ether oxygens (including phenoxy) is 2. The molecule has 0 aliphatic heterocycles. The Hall–Kier alpha value is -2.99. The molecular weight excluding hydrogens is 342 g/mol. The second-order valence-corrected chi connectivity index (χ2v) is 5.57. The predicted molar refractivity (Wildman–Crippen MR) is 95.4 cm³/mol. The van der Waals surface area contributed by atoms with Gasteiger partial charge in [-0.25, -0.2) is 9.48 Å². The van der Waals surface area contributed by atoms with Gasteiger partial charge in [0.15, 0.2) is 0 Å². The van der Waals surface area contributed by atoms with E-state index in [9.17, 15) is 4.79 Å². The first-order valence-electron chi connectivity index (χ1n) is 7.53. The van der Waals surface area contributed by atoms with E-state index >= 15 is 0 Å². The Morgan fingerprint density at radius 3 is 2.68 bits per heavy atom. The molecule has 0 spiro atoms. The van der Waals surface area contributed by atoms with Crippen molar-refractivity contribution >= 4 is 23.4 Å². The summed E-state index contributed by atoms with van der Waals surface area (Å²) < 4.78 is 12.0. The van der Waals surface area contributed by atoms with Crippen molar-refractivity contribution in [3.8, 4) is 11.6 Å². The van der Waals surface area contributed by atoms with E-state index in [4.69, 9.17) is 16.3 Å². The second kappa shape index (κ2) is 7.72. The fourth-order valence-electron chi connectivity index (χ4n) is 2.20. The van der Waals surface area contributed by atoms with Gasteiger partial charge in [0.05, 0.1) is 18.5 Å². The van der Waals surface area contributed by atoms with Gasteiger partial charge in [-0.05, 0) is 30.3 Å². The Labute approximate surface area is 149 Å². The Morgan fingerprint density at radius 1 is 1.16 bits per heavy atom. The van der Waals surface area contributed by atoms with Crippen molar-refractivity contribution in [2.45, 2.75) is 6.61 Å². The summed E-state index contributed by atoms with van der Waals surface area (Å²) in [6.07, 6.45) is 1.27. The molecule has 0 bridgehead atoms. The van der Waals surface area contributed by atoms with Gasteiger partial charge < -0.3 is 9.47 Å². The molecule has 2 aromatic carbocycles. The number of rotatable bonds is 5. The zero-order valence-electron chi connectivity index (χ0n) is 13.5. The quantitative estimate of drug-likeness (QED) is 0.740. The molecule has 1 heterocycles. The minimum absolute atomic E-state index is 0.262. The summed E-state index contributed by atoms with van der Waals surface area (Å²) in [4.78, 5) is 11.4. The third-order valence-electron chi connectivity index (χ3n) is 3.47. The molecule has 3 rings (SSSR count). The van der Waals surface area contributed by atoms with Crippen LogP contribution in [-0.2, 0) is 11.3 Å². The van der Waals surface area contributed by atoms with Crippen molar-refractivity contribution in [1.82, 2.24) is 9.78 Å². The molecule has 0 aliphatic rings. The lowest BCUT2D eigenvalue weighted by atomic mass is 10.2. The smallest absolute Gasteiger partial charge is 0.411 e. The molecule has 0 saturated heterocycles. The standard InChI is InChI=1S/C18H16ClN3O3/c1-24-18(23)20-16-5-3-2-4-13(16)12-25-17-10-11-22(21-17)15-8-6-14(19)7-9-15/h2-11H,12H2,1H3,(H,20,23). The second-order valence-electron chi connectivity index (χ2n) is 5.14. The lowest BCUT2D eigenvalue weighted by molar-refractivity contribution is 0.187. The van der Waals surface area contributed by atoms with E-state index in [1.165, 1.54) is 7.11 Å². The van der Waals surface area contributed by atoms with E-state index in [-0.39, 0.29) is 6.61 Å². The molecule has 3 aromatic rings. The number of amides is 1. The van der Waals surface area contributed by atoms with E-state index in [2.05, 4.69) is 15.2 Å². The van der Waals surface area contributed by atoms with Crippen molar-refractivity contribution in [2.75, 3.05) is 12.4 Å². The Bertz CT molecular complexity index is 862. The maximum atomic E-state index is 11.4. The van der Waals surface area contributed by atoms with Crippen LogP contribution in [0, 0.1) is 0 Å². The Kier molecular flexibility index (Phi) is 5.20. The Morgan fingerprint density at radius 2 is 1.92 bits per heavy atom. The summed E-state index contributed by atoms with van der Waals surface area (Å²) >= 11 is 5.89. The van der Waals surface area contributed by atoms with Gasteiger partial charge in [-0.2, -0.15) is 0 Å². The molecule has 1 N–H and O–H groups in total. The normalized spacial score (nSPS) is 10.3. The summed E-state index contributed by atoms with van der Waals surface area (Å²) in [6, 6.07) is 16.4. The number of methoxy groups -OCH3 is 1. The van der Waals surface area contributed by atoms with Crippen molar-refractivity contribution in [2.24, 2.45) is 0 Å². The lowest BCUT2D eigenvalue weighted by Gasteiger charge is -2.10. The molecular formula is C18H16ClN3O3. The van der Waals surface area contributed by atoms with Crippen LogP contribution >= 0.6 is 11.6 Å². The Balaban J connectivity index is 1.68. The van der Waals surface area contributed by atoms with Crippen LogP contribution in [0.25, 0.3) is 5.69 Å². The minimum atomic E-state index is -0.528. The van der Waals surface area contributed by atoms with Crippen LogP contribution in [0.3, 0.4) is 0 Å². The fourth-order valence-corrected chi connectivity index (χ4v) is 2.33. The van der Waals surface area contributed by atoms with Gasteiger partial charge >= 0.3 is 6.09 Å². The highest BCUT2D eigenvalue weighted by Gasteiger charge is 2.08. The first kappa shape index (κ1) is 16.9. The average Bonchev–Trinajstić information content (AvgIpc) is 3.10. The summed E-state index contributed by atoms with van der Waals surface area (Å²) in [5, 5.41) is 7.69. The summed E-state index contributed by atoms with van der Waals surface area (Å²) in [5.41, 5.74) is 2.33. The van der Waals surface area contributed by atoms with E-state index in [0.717, 1.165) is 11.3 Å². The molecule has 0 unspecified atom stereocenters. The molecule has 0 aliphatic carbocycles. The fraction of sp³-hybridized carbons (Fsp3) is 0.111. The number of nitrogens with zero attached hydrogens (tertiary/aromatic N) is 2. The summed E-state index contributed by atoms with van der Waals surface area (Å²) in [7, 11) is 1.32. The average molecular weight is 358 g/mol. The number of nitrogens with one attached hydrogen (secondary N) is 1. The molecule has 25 heavy (non-hydrogen) atoms. The summed E-state index contributed by atoms with van der Waals surface area (Å²) in [6.45, 7) is 0.262. The van der Waals surface area contributed by atoms with Gasteiger partial charge in [0, 0.05) is 22.8 Å². The highest BCUT2D eigenvalue weighted by Crippen LogP contribution is 2.19. The molecule has 128 valence electrons. The van der Waals surface area contributed by atoms with Crippen LogP contribution in [0.5, 0.6) is 5.88 Å². The van der Waals surface area contributed by atoms with Crippen LogP contribution in [-0.4, -0.2) is 23.0 Å². The van der Waals surface area contributed by atoms with Crippen LogP contribution in [0.4, 0.5) is 10.5 Å². The molecule has 6 nitrogen and oxygen atoms in total. The SMILES string of the molecule is COC(=O)Nc1ccccc1COc1ccn(-c2ccc(Cl)cc2)n1. The minimum Gasteiger partial charge on any atom is -0.472 e. The van der Waals surface area contributed by atoms with Crippen LogP contribution in [0.1, 0.15) is 5.56 Å². The monoisotopic (exact) mass is 357 g/mol. The van der Waals surface area contributed by atoms with Crippen LogP contribution in [0.2, 0.25) is 5.02 Å². The number of hydrogen-bond acceptors (Lipinski definition) is 4. The molecule has 1 amide bonds. The molecule has 0 saturated carbocycles. The van der Waals surface area contributed by atoms with Crippen molar-refractivity contribution in [3.05, 3.63) is 71.4 Å². The number of carbonyl (C=O) groups is 1. The summed E-state index contributed by atoms with van der Waals surface area (Å²) in [5.74, 6) is 0.475. The highest BCUT2D eigenvalue weighted by atomic mass is 35.5. The first-order valence-corrected chi connectivity index (χ1v) is 7.91. The molecule has 1 aromatic heterocycles. The molecule has 0 atom stereocenters. The number of halogens is 1. The lowest BCUT2D eigenvalue weighted by Crippen LogP contribution is -2.13. The van der Waals surface area contributed by atoms with Gasteiger partial charge in [0.1, 0.15) is 6.61 Å². The molecule has 0 fully saturated rings. The number of anilines is 1. The first-order chi connectivity index (χ1) is 12.2. The molecule has 0 radical (unpaired) electrons. The number of hydrogen-bond donors (Lipinski definition) is 1. The van der Waals surface area contributed by atoms with Crippen molar-refractivity contribution in [3.63, 3.8) is 0 Å². The van der Waals surface area contributed by atoms with Gasteiger partial charge in [-0.3, -0.25) is 5.32 Å². The molecule has 7 heteroatoms. The van der Waals surface area contributed by atoms with Crippen molar-refractivity contribution in [1.29, 1.82) is 0 Å². The van der Waals surface area contributed by atoms with E-state index in [1.807, 2.05) is 30.3 Å². The zero-order valence-corrected chi connectivity index (χ0v) is 14.2. The van der Waals surface area contributed by atoms with Gasteiger partial charge in [0.2, 0.25) is 5.88 Å². The third kappa shape index (κ3) is 4.30. The largest absolute Gasteiger partial charge is 0.472 e. The number of carbonyl (C=O) groups excluding carboxylic acids is 1. The van der Waals surface area contributed by atoms with Gasteiger partial charge in [-0.15, -0.1) is 5.10 Å². The zero-order chi connectivity index (χ0) is 17.6. The van der Waals surface area contributed by atoms with Gasteiger partial charge in [-0.1, -0.05) is 29.8 Å². The van der Waals surface area contributed by atoms with E-state index in [1.54, 1.807) is 35.1 Å². The maximum absolute atomic E-state index is 11.4. The highest BCUT2D eigenvalue weighted by molar-refractivity contribution is 6.30. The third-order valence-corrected chi connectivity index (χ3v) is 3.72. The van der Waals surface area contributed by atoms with Crippen molar-refractivity contribution < 1.29 is 14.3 Å². The van der Waals surface area contributed by atoms with E-state index < -0.39 is 6.09 Å². The predicted octanol–water partition coefficient (Wildman–Crippen LogP) is 4.28. The topological polar surface area (TPSA) is 65.4 Å². The maximum Gasteiger partial charge on any atom is 0.411 e. The number of para-hydroxylation sites is 1. The van der Waals surface area contributed by atoms with Crippen LogP contribution in [0.15, 0.2) is 60.8 Å². The van der Waals surface area contributed by atoms with E-state index in [0.29, 0.717) is 16.6 Å².